The van der Waals surface area contributed by atoms with Gasteiger partial charge >= 0.3 is 5.69 Å². The van der Waals surface area contributed by atoms with E-state index in [9.17, 15) is 14.4 Å². The lowest BCUT2D eigenvalue weighted by Gasteiger charge is -2.27. The molecule has 0 saturated carbocycles. The van der Waals surface area contributed by atoms with Crippen molar-refractivity contribution in [3.8, 4) is 0 Å². The van der Waals surface area contributed by atoms with Crippen LogP contribution in [-0.2, 0) is 11.3 Å². The lowest BCUT2D eigenvalue weighted by molar-refractivity contribution is -0.119. The summed E-state index contributed by atoms with van der Waals surface area (Å²) in [5.41, 5.74) is 6.08. The minimum atomic E-state index is -0.635. The first-order valence-electron chi connectivity index (χ1n) is 11.5. The van der Waals surface area contributed by atoms with Gasteiger partial charge in [0.25, 0.3) is 5.56 Å². The number of carbonyl (C=O) groups is 1. The number of likely N-dealkylation sites (tertiary alicyclic amines) is 1. The Kier molecular flexibility index (Phi) is 6.94. The smallest absolute Gasteiger partial charge is 0.330 e. The van der Waals surface area contributed by atoms with E-state index in [4.69, 9.17) is 10.7 Å². The number of nitrogen functional groups attached to an aromatic ring is 1. The van der Waals surface area contributed by atoms with E-state index in [0.717, 1.165) is 47.5 Å². The van der Waals surface area contributed by atoms with Crippen molar-refractivity contribution in [2.24, 2.45) is 0 Å². The number of nitrogens with zero attached hydrogens (tertiary/aromatic N) is 4. The van der Waals surface area contributed by atoms with E-state index in [1.54, 1.807) is 18.3 Å². The van der Waals surface area contributed by atoms with Gasteiger partial charge in [-0.3, -0.25) is 24.0 Å². The highest BCUT2D eigenvalue weighted by Crippen LogP contribution is 2.36. The number of nitrogens with two attached hydrogens (primary N) is 1. The summed E-state index contributed by atoms with van der Waals surface area (Å²) in [5.74, 6) is -0.181. The van der Waals surface area contributed by atoms with Crippen molar-refractivity contribution in [2.75, 3.05) is 30.3 Å². The lowest BCUT2D eigenvalue weighted by Crippen LogP contribution is -2.45. The van der Waals surface area contributed by atoms with Crippen LogP contribution in [0.25, 0.3) is 10.2 Å². The molecular formula is C23H30N6O3S. The van der Waals surface area contributed by atoms with Gasteiger partial charge in [0.1, 0.15) is 10.8 Å². The number of hydrogen-bond donors (Lipinski definition) is 2. The number of fused-ring (bicyclic) bond motifs is 1. The van der Waals surface area contributed by atoms with Gasteiger partial charge in [0.2, 0.25) is 5.91 Å². The van der Waals surface area contributed by atoms with E-state index >= 15 is 0 Å². The van der Waals surface area contributed by atoms with E-state index in [2.05, 4.69) is 16.0 Å². The average Bonchev–Trinajstić information content (AvgIpc) is 3.42. The lowest BCUT2D eigenvalue weighted by atomic mass is 10.2. The second-order valence-electron chi connectivity index (χ2n) is 8.28. The van der Waals surface area contributed by atoms with E-state index in [1.807, 2.05) is 25.1 Å². The zero-order chi connectivity index (χ0) is 23.5. The maximum Gasteiger partial charge on any atom is 0.330 e. The Hall–Kier alpha value is -2.98. The highest BCUT2D eigenvalue weighted by molar-refractivity contribution is 7.18. The fourth-order valence-electron chi connectivity index (χ4n) is 4.42. The molecule has 1 aromatic carbocycles. The second kappa shape index (κ2) is 9.88. The number of aromatic nitrogens is 3. The zero-order valence-electron chi connectivity index (χ0n) is 19.0. The number of anilines is 2. The van der Waals surface area contributed by atoms with Crippen LogP contribution in [0.15, 0.2) is 33.9 Å². The van der Waals surface area contributed by atoms with Gasteiger partial charge in [-0.25, -0.2) is 9.78 Å². The van der Waals surface area contributed by atoms with Crippen LogP contribution in [0, 0.1) is 0 Å². The van der Waals surface area contributed by atoms with E-state index < -0.39 is 11.2 Å². The molecule has 1 saturated heterocycles. The van der Waals surface area contributed by atoms with Crippen LogP contribution in [0.5, 0.6) is 0 Å². The molecule has 1 aliphatic heterocycles. The molecule has 1 unspecified atom stereocenters. The van der Waals surface area contributed by atoms with Crippen molar-refractivity contribution in [3.05, 3.63) is 50.1 Å². The monoisotopic (exact) mass is 470 g/mol. The molecule has 1 aliphatic rings. The summed E-state index contributed by atoms with van der Waals surface area (Å²) in [4.78, 5) is 48.9. The maximum atomic E-state index is 13.4. The summed E-state index contributed by atoms with van der Waals surface area (Å²) in [6.07, 6.45) is 3.53. The maximum absolute atomic E-state index is 13.4. The van der Waals surface area contributed by atoms with Gasteiger partial charge < -0.3 is 10.6 Å². The van der Waals surface area contributed by atoms with E-state index in [1.165, 1.54) is 9.47 Å². The topological polar surface area (TPSA) is 117 Å². The number of nitrogens with one attached hydrogen (secondary N) is 1. The quantitative estimate of drug-likeness (QED) is 0.523. The van der Waals surface area contributed by atoms with Crippen LogP contribution in [-0.4, -0.2) is 45.0 Å². The third-order valence-corrected chi connectivity index (χ3v) is 7.27. The molecule has 0 bridgehead atoms. The number of benzene rings is 1. The minimum Gasteiger partial charge on any atom is -0.383 e. The van der Waals surface area contributed by atoms with Gasteiger partial charge in [0.05, 0.1) is 22.8 Å². The number of hydrogen-bond acceptors (Lipinski definition) is 7. The molecule has 3 N–H and O–H groups in total. The molecule has 33 heavy (non-hydrogen) atoms. The number of H-pyrrole nitrogens is 1. The molecular weight excluding hydrogens is 440 g/mol. The fourth-order valence-corrected chi connectivity index (χ4v) is 5.56. The molecule has 0 aliphatic carbocycles. The van der Waals surface area contributed by atoms with Crippen LogP contribution < -0.4 is 21.9 Å². The van der Waals surface area contributed by atoms with Crippen molar-refractivity contribution in [2.45, 2.75) is 52.1 Å². The SMILES string of the molecule is CCCCn1c(N)c(N(CC)C(=O)CN2CCCC2c2nc3ccccc3s2)c(=O)[nH]c1=O. The number of rotatable bonds is 8. The number of carbonyl (C=O) groups excluding carboxylic acids is 1. The number of unbranched alkanes of at least 4 members (excludes halogenated alkanes) is 1. The number of aromatic amines is 1. The Morgan fingerprint density at radius 3 is 2.82 bits per heavy atom. The number of thiazole rings is 1. The van der Waals surface area contributed by atoms with E-state index in [-0.39, 0.29) is 36.5 Å². The predicted octanol–water partition coefficient (Wildman–Crippen LogP) is 2.72. The summed E-state index contributed by atoms with van der Waals surface area (Å²) in [6.45, 7) is 5.41. The first-order chi connectivity index (χ1) is 15.9. The number of amides is 1. The minimum absolute atomic E-state index is 0.0385. The summed E-state index contributed by atoms with van der Waals surface area (Å²) in [5, 5.41) is 1.01. The van der Waals surface area contributed by atoms with Gasteiger partial charge in [0.15, 0.2) is 5.69 Å². The van der Waals surface area contributed by atoms with E-state index in [0.29, 0.717) is 6.54 Å². The van der Waals surface area contributed by atoms with Crippen LogP contribution >= 0.6 is 11.3 Å². The molecule has 3 heterocycles. The van der Waals surface area contributed by atoms with Gasteiger partial charge in [-0.15, -0.1) is 11.3 Å². The second-order valence-corrected chi connectivity index (χ2v) is 9.35. The van der Waals surface area contributed by atoms with Crippen molar-refractivity contribution >= 4 is 39.0 Å². The normalized spacial score (nSPS) is 16.5. The summed E-state index contributed by atoms with van der Waals surface area (Å²) in [7, 11) is 0. The molecule has 0 spiro atoms. The molecule has 1 atom stereocenters. The van der Waals surface area contributed by atoms with Crippen molar-refractivity contribution in [1.82, 2.24) is 19.4 Å². The summed E-state index contributed by atoms with van der Waals surface area (Å²) >= 11 is 1.66. The van der Waals surface area contributed by atoms with Crippen LogP contribution in [0.2, 0.25) is 0 Å². The van der Waals surface area contributed by atoms with Crippen molar-refractivity contribution in [3.63, 3.8) is 0 Å². The standard InChI is InChI=1S/C23H30N6O3S/c1-3-5-13-29-20(24)19(21(31)26-23(29)32)28(4-2)18(30)14-27-12-8-10-16(27)22-25-15-9-6-7-11-17(15)33-22/h6-7,9,11,16H,3-5,8,10,12-14,24H2,1-2H3,(H,26,31,32). The third-order valence-electron chi connectivity index (χ3n) is 6.13. The largest absolute Gasteiger partial charge is 0.383 e. The van der Waals surface area contributed by atoms with Gasteiger partial charge in [0, 0.05) is 13.1 Å². The average molecular weight is 471 g/mol. The zero-order valence-corrected chi connectivity index (χ0v) is 19.9. The Balaban J connectivity index is 1.59. The molecule has 3 aromatic rings. The molecule has 9 nitrogen and oxygen atoms in total. The van der Waals surface area contributed by atoms with Gasteiger partial charge in [-0.05, 0) is 44.9 Å². The molecule has 10 heteroatoms. The first kappa shape index (κ1) is 23.2. The molecule has 1 amide bonds. The molecule has 1 fully saturated rings. The Bertz CT molecular complexity index is 1230. The number of para-hydroxylation sites is 1. The summed E-state index contributed by atoms with van der Waals surface area (Å²) in [6, 6.07) is 8.10. The Labute approximate surface area is 195 Å². The van der Waals surface area contributed by atoms with Gasteiger partial charge in [-0.2, -0.15) is 0 Å². The highest BCUT2D eigenvalue weighted by atomic mass is 32.1. The third kappa shape index (κ3) is 4.58. The number of likely N-dealkylation sites (N-methyl/N-ethyl adjacent to an activating group) is 1. The van der Waals surface area contributed by atoms with Crippen molar-refractivity contribution < 1.29 is 4.79 Å². The van der Waals surface area contributed by atoms with Crippen molar-refractivity contribution in [1.29, 1.82) is 0 Å². The van der Waals surface area contributed by atoms with Crippen LogP contribution in [0.1, 0.15) is 50.6 Å². The molecule has 176 valence electrons. The first-order valence-corrected chi connectivity index (χ1v) is 12.3. The van der Waals surface area contributed by atoms with Gasteiger partial charge in [-0.1, -0.05) is 25.5 Å². The predicted molar refractivity (Wildman–Crippen MR) is 132 cm³/mol. The molecule has 4 rings (SSSR count). The molecule has 2 aromatic heterocycles. The summed E-state index contributed by atoms with van der Waals surface area (Å²) < 4.78 is 2.48. The molecule has 0 radical (unpaired) electrons. The van der Waals surface area contributed by atoms with Crippen LogP contribution in [0.3, 0.4) is 0 Å². The Morgan fingerprint density at radius 2 is 2.09 bits per heavy atom. The highest BCUT2D eigenvalue weighted by Gasteiger charge is 2.32. The van der Waals surface area contributed by atoms with Crippen LogP contribution in [0.4, 0.5) is 11.5 Å². The fraction of sp³-hybridized carbons (Fsp3) is 0.478. The Morgan fingerprint density at radius 1 is 1.30 bits per heavy atom.